The van der Waals surface area contributed by atoms with E-state index in [1.54, 1.807) is 29.0 Å². The van der Waals surface area contributed by atoms with Gasteiger partial charge >= 0.3 is 0 Å². The van der Waals surface area contributed by atoms with Gasteiger partial charge in [-0.2, -0.15) is 5.10 Å². The fourth-order valence-corrected chi connectivity index (χ4v) is 2.07. The lowest BCUT2D eigenvalue weighted by Gasteiger charge is -2.08. The highest BCUT2D eigenvalue weighted by Gasteiger charge is 2.13. The van der Waals surface area contributed by atoms with Crippen LogP contribution in [0.25, 0.3) is 5.52 Å². The molecule has 0 spiro atoms. The number of amides is 1. The van der Waals surface area contributed by atoms with Crippen molar-refractivity contribution < 1.29 is 4.79 Å². The summed E-state index contributed by atoms with van der Waals surface area (Å²) < 4.78 is 1.67. The molecular formula is C15H12BN3O. The first-order valence-corrected chi connectivity index (χ1v) is 6.25. The fraction of sp³-hybridized carbons (Fsp3) is 0.0667. The third-order valence-corrected chi connectivity index (χ3v) is 3.18. The molecule has 0 fully saturated rings. The summed E-state index contributed by atoms with van der Waals surface area (Å²) in [5, 5.41) is 7.03. The molecule has 1 amide bonds. The Bertz CT molecular complexity index is 795. The quantitative estimate of drug-likeness (QED) is 0.713. The predicted molar refractivity (Wildman–Crippen MR) is 79.7 cm³/mol. The molecule has 1 aromatic carbocycles. The summed E-state index contributed by atoms with van der Waals surface area (Å²) in [6.45, 7) is 1.92. The predicted octanol–water partition coefficient (Wildman–Crippen LogP) is 1.69. The molecule has 0 bridgehead atoms. The summed E-state index contributed by atoms with van der Waals surface area (Å²) in [4.78, 5) is 12.3. The topological polar surface area (TPSA) is 46.4 Å². The Labute approximate surface area is 117 Å². The van der Waals surface area contributed by atoms with Crippen molar-refractivity contribution in [1.29, 1.82) is 0 Å². The fourth-order valence-electron chi connectivity index (χ4n) is 2.07. The number of rotatable bonds is 2. The van der Waals surface area contributed by atoms with E-state index in [9.17, 15) is 4.79 Å². The van der Waals surface area contributed by atoms with Crippen LogP contribution in [0.1, 0.15) is 15.9 Å². The summed E-state index contributed by atoms with van der Waals surface area (Å²) in [5.41, 5.74) is 3.60. The Kier molecular flexibility index (Phi) is 3.02. The van der Waals surface area contributed by atoms with Gasteiger partial charge in [-0.05, 0) is 30.7 Å². The molecule has 96 valence electrons. The van der Waals surface area contributed by atoms with Crippen molar-refractivity contribution in [2.45, 2.75) is 6.92 Å². The number of benzene rings is 1. The van der Waals surface area contributed by atoms with Crippen LogP contribution in [0.4, 0.5) is 5.69 Å². The van der Waals surface area contributed by atoms with Crippen molar-refractivity contribution in [3.05, 3.63) is 59.9 Å². The van der Waals surface area contributed by atoms with Crippen LogP contribution in [0.15, 0.2) is 48.8 Å². The Balaban J connectivity index is 1.95. The Hall–Kier alpha value is -2.56. The van der Waals surface area contributed by atoms with Gasteiger partial charge in [0, 0.05) is 11.9 Å². The molecule has 2 aromatic heterocycles. The van der Waals surface area contributed by atoms with Crippen LogP contribution >= 0.6 is 0 Å². The van der Waals surface area contributed by atoms with Crippen LogP contribution < -0.4 is 10.8 Å². The van der Waals surface area contributed by atoms with E-state index in [2.05, 4.69) is 10.4 Å². The second kappa shape index (κ2) is 4.85. The van der Waals surface area contributed by atoms with E-state index in [-0.39, 0.29) is 5.91 Å². The molecule has 3 rings (SSSR count). The number of nitrogens with zero attached hydrogens (tertiary/aromatic N) is 2. The third kappa shape index (κ3) is 2.18. The maximum atomic E-state index is 12.3. The molecule has 0 aliphatic rings. The van der Waals surface area contributed by atoms with Crippen molar-refractivity contribution in [3.8, 4) is 0 Å². The lowest BCUT2D eigenvalue weighted by atomic mass is 9.94. The average Bonchev–Trinajstić information content (AvgIpc) is 2.87. The van der Waals surface area contributed by atoms with Gasteiger partial charge in [-0.25, -0.2) is 4.52 Å². The summed E-state index contributed by atoms with van der Waals surface area (Å²) in [6.07, 6.45) is 3.37. The number of hydrogen-bond acceptors (Lipinski definition) is 2. The van der Waals surface area contributed by atoms with E-state index in [4.69, 9.17) is 7.85 Å². The second-order valence-corrected chi connectivity index (χ2v) is 4.62. The van der Waals surface area contributed by atoms with Crippen LogP contribution in [-0.4, -0.2) is 23.4 Å². The van der Waals surface area contributed by atoms with Crippen LogP contribution in [0.3, 0.4) is 0 Å². The zero-order valence-electron chi connectivity index (χ0n) is 11.0. The molecular weight excluding hydrogens is 249 g/mol. The number of pyridine rings is 1. The largest absolute Gasteiger partial charge is 0.322 e. The van der Waals surface area contributed by atoms with Gasteiger partial charge in [0.15, 0.2) is 0 Å². The summed E-state index contributed by atoms with van der Waals surface area (Å²) >= 11 is 0. The highest BCUT2D eigenvalue weighted by atomic mass is 16.1. The number of nitrogens with one attached hydrogen (secondary N) is 1. The Morgan fingerprint density at radius 2 is 2.15 bits per heavy atom. The molecule has 2 heterocycles. The van der Waals surface area contributed by atoms with Crippen LogP contribution in [0, 0.1) is 6.92 Å². The van der Waals surface area contributed by atoms with Crippen LogP contribution in [0.2, 0.25) is 0 Å². The van der Waals surface area contributed by atoms with Crippen molar-refractivity contribution in [3.63, 3.8) is 0 Å². The number of hydrogen-bond donors (Lipinski definition) is 1. The van der Waals surface area contributed by atoms with Gasteiger partial charge in [0.1, 0.15) is 7.85 Å². The third-order valence-electron chi connectivity index (χ3n) is 3.18. The highest BCUT2D eigenvalue weighted by Crippen LogP contribution is 2.16. The van der Waals surface area contributed by atoms with Crippen molar-refractivity contribution in [1.82, 2.24) is 9.61 Å². The molecule has 0 saturated heterocycles. The van der Waals surface area contributed by atoms with E-state index in [0.29, 0.717) is 16.7 Å². The Morgan fingerprint density at radius 1 is 1.30 bits per heavy atom. The summed E-state index contributed by atoms with van der Waals surface area (Å²) in [7, 11) is 5.74. The van der Waals surface area contributed by atoms with Crippen LogP contribution in [-0.2, 0) is 0 Å². The molecule has 0 unspecified atom stereocenters. The molecule has 4 nitrogen and oxygen atoms in total. The van der Waals surface area contributed by atoms with Gasteiger partial charge < -0.3 is 5.32 Å². The van der Waals surface area contributed by atoms with Gasteiger partial charge in [-0.1, -0.05) is 23.7 Å². The molecule has 0 aliphatic heterocycles. The van der Waals surface area contributed by atoms with E-state index in [1.807, 2.05) is 31.2 Å². The number of anilines is 1. The molecule has 1 N–H and O–H groups in total. The van der Waals surface area contributed by atoms with Crippen molar-refractivity contribution >= 4 is 30.4 Å². The highest BCUT2D eigenvalue weighted by molar-refractivity contribution is 6.32. The maximum absolute atomic E-state index is 12.3. The lowest BCUT2D eigenvalue weighted by molar-refractivity contribution is 0.102. The maximum Gasteiger partial charge on any atom is 0.259 e. The molecule has 20 heavy (non-hydrogen) atoms. The summed E-state index contributed by atoms with van der Waals surface area (Å²) in [6, 6.07) is 11.0. The minimum Gasteiger partial charge on any atom is -0.322 e. The molecule has 5 heteroatoms. The second-order valence-electron chi connectivity index (χ2n) is 4.62. The van der Waals surface area contributed by atoms with Gasteiger partial charge in [-0.15, -0.1) is 0 Å². The first-order chi connectivity index (χ1) is 9.65. The van der Waals surface area contributed by atoms with E-state index < -0.39 is 0 Å². The average molecular weight is 261 g/mol. The zero-order valence-corrected chi connectivity index (χ0v) is 11.0. The standard InChI is InChI=1S/C15H12BN3O/c1-10-5-6-11(16)8-13(10)18-15(20)12-9-17-19-7-3-2-4-14(12)19/h2-9H,1H3,(H,18,20). The normalized spacial score (nSPS) is 10.7. The van der Waals surface area contributed by atoms with Crippen molar-refractivity contribution in [2.75, 3.05) is 5.32 Å². The molecule has 3 aromatic rings. The first-order valence-electron chi connectivity index (χ1n) is 6.25. The number of aromatic nitrogens is 2. The number of fused-ring (bicyclic) bond motifs is 1. The van der Waals surface area contributed by atoms with Crippen LogP contribution in [0.5, 0.6) is 0 Å². The smallest absolute Gasteiger partial charge is 0.259 e. The van der Waals surface area contributed by atoms with Gasteiger partial charge in [0.25, 0.3) is 5.91 Å². The van der Waals surface area contributed by atoms with Gasteiger partial charge in [-0.3, -0.25) is 4.79 Å². The first kappa shape index (κ1) is 12.5. The van der Waals surface area contributed by atoms with Crippen molar-refractivity contribution in [2.24, 2.45) is 0 Å². The molecule has 2 radical (unpaired) electrons. The number of carbonyl (C=O) groups excluding carboxylic acids is 1. The van der Waals surface area contributed by atoms with E-state index in [1.165, 1.54) is 0 Å². The minimum atomic E-state index is -0.195. The van der Waals surface area contributed by atoms with Gasteiger partial charge in [0.2, 0.25) is 0 Å². The van der Waals surface area contributed by atoms with E-state index >= 15 is 0 Å². The molecule has 0 saturated carbocycles. The number of aryl methyl sites for hydroxylation is 1. The monoisotopic (exact) mass is 261 g/mol. The van der Waals surface area contributed by atoms with Gasteiger partial charge in [0.05, 0.1) is 17.3 Å². The zero-order chi connectivity index (χ0) is 14.1. The SMILES string of the molecule is [B]c1ccc(C)c(NC(=O)c2cnn3ccccc23)c1. The number of carbonyl (C=O) groups is 1. The summed E-state index contributed by atoms with van der Waals surface area (Å²) in [5.74, 6) is -0.195. The minimum absolute atomic E-state index is 0.195. The molecule has 0 atom stereocenters. The lowest BCUT2D eigenvalue weighted by Crippen LogP contribution is -2.14. The molecule has 0 aliphatic carbocycles. The Morgan fingerprint density at radius 3 is 3.00 bits per heavy atom. The van der Waals surface area contributed by atoms with E-state index in [0.717, 1.165) is 11.1 Å².